The third-order valence-corrected chi connectivity index (χ3v) is 3.89. The Hall–Kier alpha value is -2.89. The van der Waals surface area contributed by atoms with Crippen molar-refractivity contribution in [2.75, 3.05) is 20.8 Å². The van der Waals surface area contributed by atoms with Crippen LogP contribution in [0, 0.1) is 0 Å². The number of hydrogen-bond acceptors (Lipinski definition) is 6. The van der Waals surface area contributed by atoms with Gasteiger partial charge >= 0.3 is 0 Å². The summed E-state index contributed by atoms with van der Waals surface area (Å²) in [6, 6.07) is 8.05. The summed E-state index contributed by atoms with van der Waals surface area (Å²) >= 11 is 0. The normalized spacial score (nSPS) is 16.4. The standard InChI is InChI=1S/C17H16O6/c1-21-13-7-12-14(17(22-2)16(13)20)15(19)10(8-23-12)9-5-3-4-6-11(9)18/h3-7,10,18,20H,8H2,1-2H3. The Morgan fingerprint density at radius 1 is 1.17 bits per heavy atom. The predicted molar refractivity (Wildman–Crippen MR) is 81.9 cm³/mol. The number of Topliss-reactive ketones (excluding diaryl/α,β-unsaturated/α-hetero) is 1. The average Bonchev–Trinajstić information content (AvgIpc) is 2.56. The topological polar surface area (TPSA) is 85.2 Å². The Morgan fingerprint density at radius 3 is 2.57 bits per heavy atom. The van der Waals surface area contributed by atoms with Crippen molar-refractivity contribution >= 4 is 5.78 Å². The second-order valence-corrected chi connectivity index (χ2v) is 5.12. The first kappa shape index (κ1) is 15.0. The summed E-state index contributed by atoms with van der Waals surface area (Å²) < 4.78 is 15.9. The molecular weight excluding hydrogens is 300 g/mol. The van der Waals surface area contributed by atoms with E-state index in [4.69, 9.17) is 14.2 Å². The van der Waals surface area contributed by atoms with Gasteiger partial charge in [-0.15, -0.1) is 0 Å². The third-order valence-electron chi connectivity index (χ3n) is 3.89. The highest BCUT2D eigenvalue weighted by Crippen LogP contribution is 2.48. The number of benzene rings is 2. The summed E-state index contributed by atoms with van der Waals surface area (Å²) in [6.45, 7) is 0.0838. The third kappa shape index (κ3) is 2.32. The van der Waals surface area contributed by atoms with E-state index >= 15 is 0 Å². The zero-order valence-electron chi connectivity index (χ0n) is 12.7. The van der Waals surface area contributed by atoms with E-state index in [2.05, 4.69) is 0 Å². The smallest absolute Gasteiger partial charge is 0.201 e. The van der Waals surface area contributed by atoms with Crippen molar-refractivity contribution in [1.82, 2.24) is 0 Å². The number of aromatic hydroxyl groups is 2. The second-order valence-electron chi connectivity index (χ2n) is 5.12. The Labute approximate surface area is 132 Å². The van der Waals surface area contributed by atoms with Crippen molar-refractivity contribution in [2.24, 2.45) is 0 Å². The minimum atomic E-state index is -0.676. The Morgan fingerprint density at radius 2 is 1.91 bits per heavy atom. The lowest BCUT2D eigenvalue weighted by Crippen LogP contribution is -2.26. The lowest BCUT2D eigenvalue weighted by Gasteiger charge is -2.27. The number of phenolic OH excluding ortho intramolecular Hbond substituents is 2. The molecule has 2 N–H and O–H groups in total. The number of ether oxygens (including phenoxy) is 3. The lowest BCUT2D eigenvalue weighted by molar-refractivity contribution is 0.0888. The number of rotatable bonds is 3. The Kier molecular flexibility index (Phi) is 3.73. The molecular formula is C17H16O6. The van der Waals surface area contributed by atoms with E-state index in [9.17, 15) is 15.0 Å². The van der Waals surface area contributed by atoms with Gasteiger partial charge in [0.25, 0.3) is 0 Å². The molecule has 6 heteroatoms. The molecule has 6 nitrogen and oxygen atoms in total. The number of ketones is 1. The molecule has 1 heterocycles. The number of carbonyl (C=O) groups is 1. The molecule has 23 heavy (non-hydrogen) atoms. The van der Waals surface area contributed by atoms with Gasteiger partial charge in [0, 0.05) is 11.6 Å². The minimum Gasteiger partial charge on any atom is -0.508 e. The molecule has 1 aliphatic rings. The van der Waals surface area contributed by atoms with Crippen LogP contribution in [0.4, 0.5) is 0 Å². The van der Waals surface area contributed by atoms with Crippen molar-refractivity contribution in [1.29, 1.82) is 0 Å². The van der Waals surface area contributed by atoms with Gasteiger partial charge in [0.2, 0.25) is 5.75 Å². The zero-order chi connectivity index (χ0) is 16.6. The van der Waals surface area contributed by atoms with E-state index in [0.29, 0.717) is 5.56 Å². The molecule has 0 spiro atoms. The SMILES string of the molecule is COc1cc2c(c(OC)c1O)C(=O)C(c1ccccc1O)CO2. The van der Waals surface area contributed by atoms with E-state index in [-0.39, 0.29) is 46.7 Å². The number of phenols is 2. The van der Waals surface area contributed by atoms with Gasteiger partial charge in [-0.1, -0.05) is 18.2 Å². The quantitative estimate of drug-likeness (QED) is 0.905. The van der Waals surface area contributed by atoms with E-state index in [1.165, 1.54) is 26.4 Å². The van der Waals surface area contributed by atoms with Crippen LogP contribution < -0.4 is 14.2 Å². The van der Waals surface area contributed by atoms with Crippen LogP contribution >= 0.6 is 0 Å². The molecule has 0 bridgehead atoms. The highest BCUT2D eigenvalue weighted by molar-refractivity contribution is 6.07. The molecule has 0 aromatic heterocycles. The fraction of sp³-hybridized carbons (Fsp3) is 0.235. The van der Waals surface area contributed by atoms with Crippen LogP contribution in [0.25, 0.3) is 0 Å². The predicted octanol–water partition coefficient (Wildman–Crippen LogP) is 2.47. The summed E-state index contributed by atoms with van der Waals surface area (Å²) in [5.41, 5.74) is 0.616. The molecule has 0 saturated heterocycles. The molecule has 1 atom stereocenters. The molecule has 120 valence electrons. The van der Waals surface area contributed by atoms with Gasteiger partial charge < -0.3 is 24.4 Å². The summed E-state index contributed by atoms with van der Waals surface area (Å²) in [6.07, 6.45) is 0. The number of carbonyl (C=O) groups excluding carboxylic acids is 1. The van der Waals surface area contributed by atoms with E-state index in [0.717, 1.165) is 0 Å². The van der Waals surface area contributed by atoms with Crippen LogP contribution in [0.2, 0.25) is 0 Å². The first-order valence-corrected chi connectivity index (χ1v) is 7.01. The minimum absolute atomic E-state index is 0.00414. The average molecular weight is 316 g/mol. The van der Waals surface area contributed by atoms with Gasteiger partial charge in [0.15, 0.2) is 17.3 Å². The molecule has 0 amide bonds. The van der Waals surface area contributed by atoms with Crippen LogP contribution in [0.5, 0.6) is 28.7 Å². The number of fused-ring (bicyclic) bond motifs is 1. The number of para-hydroxylation sites is 1. The van der Waals surface area contributed by atoms with E-state index < -0.39 is 5.92 Å². The van der Waals surface area contributed by atoms with Crippen molar-refractivity contribution in [3.63, 3.8) is 0 Å². The highest BCUT2D eigenvalue weighted by Gasteiger charge is 2.36. The van der Waals surface area contributed by atoms with Crippen molar-refractivity contribution in [3.05, 3.63) is 41.5 Å². The Balaban J connectivity index is 2.13. The van der Waals surface area contributed by atoms with Crippen LogP contribution in [0.15, 0.2) is 30.3 Å². The van der Waals surface area contributed by atoms with Crippen LogP contribution in [0.3, 0.4) is 0 Å². The zero-order valence-corrected chi connectivity index (χ0v) is 12.7. The van der Waals surface area contributed by atoms with Crippen LogP contribution in [-0.2, 0) is 0 Å². The lowest BCUT2D eigenvalue weighted by atomic mass is 9.87. The van der Waals surface area contributed by atoms with Crippen LogP contribution in [-0.4, -0.2) is 36.8 Å². The van der Waals surface area contributed by atoms with Gasteiger partial charge in [-0.25, -0.2) is 0 Å². The maximum Gasteiger partial charge on any atom is 0.201 e. The molecule has 3 rings (SSSR count). The maximum absolute atomic E-state index is 12.9. The molecule has 1 aliphatic heterocycles. The molecule has 0 fully saturated rings. The second kappa shape index (κ2) is 5.72. The number of hydrogen-bond donors (Lipinski definition) is 2. The fourth-order valence-corrected chi connectivity index (χ4v) is 2.74. The maximum atomic E-state index is 12.9. The Bertz CT molecular complexity index is 768. The highest BCUT2D eigenvalue weighted by atomic mass is 16.5. The molecule has 0 radical (unpaired) electrons. The largest absolute Gasteiger partial charge is 0.508 e. The monoisotopic (exact) mass is 316 g/mol. The van der Waals surface area contributed by atoms with Gasteiger partial charge in [-0.05, 0) is 6.07 Å². The summed E-state index contributed by atoms with van der Waals surface area (Å²) in [7, 11) is 2.75. The summed E-state index contributed by atoms with van der Waals surface area (Å²) in [5.74, 6) is -0.752. The number of methoxy groups -OCH3 is 2. The molecule has 1 unspecified atom stereocenters. The molecule has 2 aromatic rings. The van der Waals surface area contributed by atoms with Gasteiger partial charge in [0.05, 0.1) is 20.1 Å². The fourth-order valence-electron chi connectivity index (χ4n) is 2.74. The first-order valence-electron chi connectivity index (χ1n) is 7.01. The van der Waals surface area contributed by atoms with Gasteiger partial charge in [-0.3, -0.25) is 4.79 Å². The van der Waals surface area contributed by atoms with E-state index in [1.807, 2.05) is 0 Å². The van der Waals surface area contributed by atoms with Gasteiger partial charge in [0.1, 0.15) is 23.7 Å². The summed E-state index contributed by atoms with van der Waals surface area (Å²) in [4.78, 5) is 12.9. The molecule has 2 aromatic carbocycles. The molecule has 0 aliphatic carbocycles. The van der Waals surface area contributed by atoms with Gasteiger partial charge in [-0.2, -0.15) is 0 Å². The van der Waals surface area contributed by atoms with Crippen molar-refractivity contribution in [2.45, 2.75) is 5.92 Å². The molecule has 0 saturated carbocycles. The first-order chi connectivity index (χ1) is 11.1. The van der Waals surface area contributed by atoms with Crippen molar-refractivity contribution in [3.8, 4) is 28.7 Å². The van der Waals surface area contributed by atoms with E-state index in [1.54, 1.807) is 18.2 Å². The summed E-state index contributed by atoms with van der Waals surface area (Å²) in [5, 5.41) is 20.2. The van der Waals surface area contributed by atoms with Crippen LogP contribution in [0.1, 0.15) is 21.8 Å². The van der Waals surface area contributed by atoms with Crippen molar-refractivity contribution < 1.29 is 29.2 Å².